The summed E-state index contributed by atoms with van der Waals surface area (Å²) in [6, 6.07) is 7.39. The van der Waals surface area contributed by atoms with Crippen molar-refractivity contribution in [2.45, 2.75) is 44.9 Å². The van der Waals surface area contributed by atoms with E-state index >= 15 is 0 Å². The van der Waals surface area contributed by atoms with Gasteiger partial charge in [-0.1, -0.05) is 30.9 Å². The lowest BCUT2D eigenvalue weighted by Gasteiger charge is -2.29. The summed E-state index contributed by atoms with van der Waals surface area (Å²) in [5, 5.41) is 12.7. The zero-order valence-electron chi connectivity index (χ0n) is 13.5. The Morgan fingerprint density at radius 1 is 1.25 bits per heavy atom. The van der Waals surface area contributed by atoms with E-state index in [4.69, 9.17) is 11.6 Å². The van der Waals surface area contributed by atoms with E-state index in [1.807, 2.05) is 0 Å². The summed E-state index contributed by atoms with van der Waals surface area (Å²) in [5.74, 6) is -0.216. The maximum absolute atomic E-state index is 12.7. The molecule has 2 fully saturated rings. The van der Waals surface area contributed by atoms with Crippen molar-refractivity contribution in [3.8, 4) is 6.07 Å². The Balaban J connectivity index is 1.83. The number of nitrogens with one attached hydrogen (secondary N) is 1. The van der Waals surface area contributed by atoms with Gasteiger partial charge in [-0.05, 0) is 37.5 Å². The van der Waals surface area contributed by atoms with Crippen LogP contribution in [0.25, 0.3) is 0 Å². The monoisotopic (exact) mass is 345 g/mol. The van der Waals surface area contributed by atoms with Crippen molar-refractivity contribution in [1.82, 2.24) is 0 Å². The van der Waals surface area contributed by atoms with E-state index in [1.165, 1.54) is 0 Å². The lowest BCUT2D eigenvalue weighted by atomic mass is 9.74. The predicted octanol–water partition coefficient (Wildman–Crippen LogP) is 3.88. The summed E-state index contributed by atoms with van der Waals surface area (Å²) in [4.78, 5) is 26.3. The first-order valence-corrected chi connectivity index (χ1v) is 8.76. The van der Waals surface area contributed by atoms with Crippen molar-refractivity contribution in [1.29, 1.82) is 5.26 Å². The topological polar surface area (TPSA) is 73.2 Å². The van der Waals surface area contributed by atoms with Crippen LogP contribution in [0.3, 0.4) is 0 Å². The van der Waals surface area contributed by atoms with Crippen LogP contribution < -0.4 is 10.2 Å². The van der Waals surface area contributed by atoms with Crippen LogP contribution in [-0.4, -0.2) is 18.4 Å². The van der Waals surface area contributed by atoms with Gasteiger partial charge in [-0.2, -0.15) is 5.26 Å². The Morgan fingerprint density at radius 3 is 2.62 bits per heavy atom. The number of rotatable bonds is 3. The molecule has 1 aromatic rings. The van der Waals surface area contributed by atoms with Crippen LogP contribution in [-0.2, 0) is 9.59 Å². The van der Waals surface area contributed by atoms with Crippen molar-refractivity contribution in [3.63, 3.8) is 0 Å². The van der Waals surface area contributed by atoms with Crippen LogP contribution in [0.2, 0.25) is 5.02 Å². The minimum Gasteiger partial charge on any atom is -0.323 e. The fourth-order valence-corrected chi connectivity index (χ4v) is 3.65. The van der Waals surface area contributed by atoms with E-state index < -0.39 is 5.41 Å². The zero-order valence-corrected chi connectivity index (χ0v) is 14.2. The van der Waals surface area contributed by atoms with Crippen LogP contribution >= 0.6 is 11.6 Å². The maximum Gasteiger partial charge on any atom is 0.244 e. The zero-order chi connectivity index (χ0) is 17.2. The van der Waals surface area contributed by atoms with E-state index in [-0.39, 0.29) is 11.8 Å². The van der Waals surface area contributed by atoms with Crippen LogP contribution in [0.1, 0.15) is 44.9 Å². The van der Waals surface area contributed by atoms with Crippen LogP contribution in [0.4, 0.5) is 11.4 Å². The number of halogens is 1. The van der Waals surface area contributed by atoms with Gasteiger partial charge in [0, 0.05) is 18.7 Å². The number of anilines is 2. The molecule has 1 saturated heterocycles. The standard InChI is InChI=1S/C18H20ClN3O2/c19-14-7-6-13(22-10-4-5-16(22)23)11-15(14)21-17(24)18(12-20)8-2-1-3-9-18/h6-7,11H,1-5,8-10H2,(H,21,24). The molecule has 0 spiro atoms. The van der Waals surface area contributed by atoms with Crippen molar-refractivity contribution < 1.29 is 9.59 Å². The third-order valence-electron chi connectivity index (χ3n) is 4.94. The Labute approximate surface area is 146 Å². The van der Waals surface area contributed by atoms with Crippen molar-refractivity contribution in [2.75, 3.05) is 16.8 Å². The summed E-state index contributed by atoms with van der Waals surface area (Å²) in [6.07, 6.45) is 5.37. The molecule has 6 heteroatoms. The first-order chi connectivity index (χ1) is 11.6. The first kappa shape index (κ1) is 16.8. The highest BCUT2D eigenvalue weighted by Crippen LogP contribution is 2.38. The third-order valence-corrected chi connectivity index (χ3v) is 5.27. The average Bonchev–Trinajstić information content (AvgIpc) is 3.03. The molecule has 1 N–H and O–H groups in total. The highest BCUT2D eigenvalue weighted by Gasteiger charge is 2.40. The second kappa shape index (κ2) is 6.82. The first-order valence-electron chi connectivity index (χ1n) is 8.38. The Morgan fingerprint density at radius 2 is 2.00 bits per heavy atom. The summed E-state index contributed by atoms with van der Waals surface area (Å²) < 4.78 is 0. The Hall–Kier alpha value is -2.06. The lowest BCUT2D eigenvalue weighted by Crippen LogP contribution is -2.37. The van der Waals surface area contributed by atoms with Gasteiger partial charge in [0.15, 0.2) is 0 Å². The minimum atomic E-state index is -0.971. The van der Waals surface area contributed by atoms with Gasteiger partial charge in [0.05, 0.1) is 16.8 Å². The number of benzene rings is 1. The Kier molecular flexibility index (Phi) is 4.77. The lowest BCUT2D eigenvalue weighted by molar-refractivity contribution is -0.124. The second-order valence-corrected chi connectivity index (χ2v) is 6.93. The molecule has 5 nitrogen and oxygen atoms in total. The van der Waals surface area contributed by atoms with Gasteiger partial charge in [0.2, 0.25) is 11.8 Å². The molecule has 24 heavy (non-hydrogen) atoms. The molecule has 3 rings (SSSR count). The van der Waals surface area contributed by atoms with Gasteiger partial charge in [-0.25, -0.2) is 0 Å². The highest BCUT2D eigenvalue weighted by molar-refractivity contribution is 6.34. The minimum absolute atomic E-state index is 0.0791. The molecule has 126 valence electrons. The van der Waals surface area contributed by atoms with E-state index in [2.05, 4.69) is 11.4 Å². The van der Waals surface area contributed by atoms with E-state index in [1.54, 1.807) is 23.1 Å². The molecule has 1 aromatic carbocycles. The number of carbonyl (C=O) groups excluding carboxylic acids is 2. The van der Waals surface area contributed by atoms with Crippen LogP contribution in [0.15, 0.2) is 18.2 Å². The van der Waals surface area contributed by atoms with E-state index in [0.29, 0.717) is 36.5 Å². The average molecular weight is 346 g/mol. The van der Waals surface area contributed by atoms with Gasteiger partial charge in [-0.3, -0.25) is 9.59 Å². The van der Waals surface area contributed by atoms with E-state index in [0.717, 1.165) is 31.4 Å². The summed E-state index contributed by atoms with van der Waals surface area (Å²) in [5.41, 5.74) is 0.215. The summed E-state index contributed by atoms with van der Waals surface area (Å²) in [6.45, 7) is 0.677. The quantitative estimate of drug-likeness (QED) is 0.903. The molecule has 0 radical (unpaired) electrons. The largest absolute Gasteiger partial charge is 0.323 e. The van der Waals surface area contributed by atoms with E-state index in [9.17, 15) is 14.9 Å². The molecule has 1 aliphatic heterocycles. The molecule has 2 amide bonds. The molecule has 0 bridgehead atoms. The normalized spacial score (nSPS) is 19.8. The number of amides is 2. The number of carbonyl (C=O) groups is 2. The van der Waals surface area contributed by atoms with Gasteiger partial charge in [0.25, 0.3) is 0 Å². The maximum atomic E-state index is 12.7. The van der Waals surface area contributed by atoms with Gasteiger partial charge in [-0.15, -0.1) is 0 Å². The SMILES string of the molecule is N#CC1(C(=O)Nc2cc(N3CCCC3=O)ccc2Cl)CCCCC1. The second-order valence-electron chi connectivity index (χ2n) is 6.52. The summed E-state index contributed by atoms with van der Waals surface area (Å²) in [7, 11) is 0. The number of nitriles is 1. The van der Waals surface area contributed by atoms with Gasteiger partial charge >= 0.3 is 0 Å². The van der Waals surface area contributed by atoms with Crippen LogP contribution in [0, 0.1) is 16.7 Å². The third kappa shape index (κ3) is 3.11. The molecule has 1 aliphatic carbocycles. The van der Waals surface area contributed by atoms with Crippen LogP contribution in [0.5, 0.6) is 0 Å². The molecule has 2 aliphatic rings. The number of hydrogen-bond acceptors (Lipinski definition) is 3. The fraction of sp³-hybridized carbons (Fsp3) is 0.500. The fourth-order valence-electron chi connectivity index (χ4n) is 3.49. The number of nitrogens with zero attached hydrogens (tertiary/aromatic N) is 2. The molecule has 1 saturated carbocycles. The van der Waals surface area contributed by atoms with Crippen molar-refractivity contribution in [3.05, 3.63) is 23.2 Å². The highest BCUT2D eigenvalue weighted by atomic mass is 35.5. The summed E-state index contributed by atoms with van der Waals surface area (Å²) >= 11 is 6.21. The Bertz CT molecular complexity index is 705. The molecule has 0 atom stereocenters. The van der Waals surface area contributed by atoms with Crippen molar-refractivity contribution in [2.24, 2.45) is 5.41 Å². The molecule has 1 heterocycles. The van der Waals surface area contributed by atoms with Crippen molar-refractivity contribution >= 4 is 34.8 Å². The smallest absolute Gasteiger partial charge is 0.244 e. The number of hydrogen-bond donors (Lipinski definition) is 1. The van der Waals surface area contributed by atoms with Gasteiger partial charge < -0.3 is 10.2 Å². The molecular formula is C18H20ClN3O2. The molecule has 0 unspecified atom stereocenters. The van der Waals surface area contributed by atoms with Gasteiger partial charge in [0.1, 0.15) is 5.41 Å². The predicted molar refractivity (Wildman–Crippen MR) is 92.8 cm³/mol. The molecular weight excluding hydrogens is 326 g/mol. The molecule has 0 aromatic heterocycles.